The number of nitrogens with one attached hydrogen (secondary N) is 1. The van der Waals surface area contributed by atoms with Crippen LogP contribution in [0, 0.1) is 5.41 Å². The van der Waals surface area contributed by atoms with E-state index < -0.39 is 0 Å². The number of hydrogen-bond acceptors (Lipinski definition) is 5. The summed E-state index contributed by atoms with van der Waals surface area (Å²) in [6.07, 6.45) is -0.224. The van der Waals surface area contributed by atoms with Crippen LogP contribution in [0.3, 0.4) is 0 Å². The van der Waals surface area contributed by atoms with E-state index in [1.807, 2.05) is 42.5 Å². The highest BCUT2D eigenvalue weighted by atomic mass is 16.5. The van der Waals surface area contributed by atoms with E-state index in [2.05, 4.69) is 49.1 Å². The Bertz CT molecular complexity index is 882. The van der Waals surface area contributed by atoms with Gasteiger partial charge in [0.1, 0.15) is 17.6 Å². The number of para-hydroxylation sites is 2. The lowest BCUT2D eigenvalue weighted by molar-refractivity contribution is -0.123. The van der Waals surface area contributed by atoms with Gasteiger partial charge in [-0.15, -0.1) is 0 Å². The maximum atomic E-state index is 12.8. The van der Waals surface area contributed by atoms with Crippen molar-refractivity contribution in [1.82, 2.24) is 15.1 Å². The summed E-state index contributed by atoms with van der Waals surface area (Å²) in [7, 11) is 5.77. The zero-order valence-electron chi connectivity index (χ0n) is 19.4. The molecular formula is C25H35N3O3. The molecule has 2 aromatic carbocycles. The van der Waals surface area contributed by atoms with Crippen LogP contribution in [0.4, 0.5) is 0 Å². The lowest BCUT2D eigenvalue weighted by Crippen LogP contribution is -2.44. The van der Waals surface area contributed by atoms with Crippen molar-refractivity contribution in [3.63, 3.8) is 0 Å². The van der Waals surface area contributed by atoms with E-state index in [-0.39, 0.29) is 17.4 Å². The highest BCUT2D eigenvalue weighted by Gasteiger charge is 2.28. The summed E-state index contributed by atoms with van der Waals surface area (Å²) in [5, 5.41) is 3.12. The number of carbonyl (C=O) groups excluding carboxylic acids is 1. The standard InChI is InChI=1S/C25H35N3O3/c1-25(2,18-27(3)4)17-26-24(29)16-28-14-19-10-6-8-12-21(19)31-23(15-28)20-11-7-9-13-22(20)30-5/h6-13,23H,14-18H2,1-5H3,(H,26,29). The summed E-state index contributed by atoms with van der Waals surface area (Å²) < 4.78 is 12.0. The summed E-state index contributed by atoms with van der Waals surface area (Å²) in [5.74, 6) is 1.68. The predicted octanol–water partition coefficient (Wildman–Crippen LogP) is 3.33. The maximum absolute atomic E-state index is 12.8. The van der Waals surface area contributed by atoms with Crippen LogP contribution in [0.25, 0.3) is 0 Å². The van der Waals surface area contributed by atoms with E-state index in [0.29, 0.717) is 26.2 Å². The van der Waals surface area contributed by atoms with Crippen LogP contribution in [0.2, 0.25) is 0 Å². The van der Waals surface area contributed by atoms with E-state index in [9.17, 15) is 4.79 Å². The Morgan fingerprint density at radius 2 is 1.90 bits per heavy atom. The first-order chi connectivity index (χ1) is 14.8. The molecule has 1 atom stereocenters. The smallest absolute Gasteiger partial charge is 0.234 e. The van der Waals surface area contributed by atoms with Crippen molar-refractivity contribution in [3.05, 3.63) is 59.7 Å². The summed E-state index contributed by atoms with van der Waals surface area (Å²) >= 11 is 0. The highest BCUT2D eigenvalue weighted by Crippen LogP contribution is 2.34. The monoisotopic (exact) mass is 425 g/mol. The third-order valence-corrected chi connectivity index (χ3v) is 5.42. The number of rotatable bonds is 8. The number of ether oxygens (including phenoxy) is 2. The van der Waals surface area contributed by atoms with Crippen molar-refractivity contribution in [1.29, 1.82) is 0 Å². The van der Waals surface area contributed by atoms with E-state index in [4.69, 9.17) is 9.47 Å². The van der Waals surface area contributed by atoms with Crippen molar-refractivity contribution < 1.29 is 14.3 Å². The van der Waals surface area contributed by atoms with Crippen molar-refractivity contribution in [3.8, 4) is 11.5 Å². The van der Waals surface area contributed by atoms with Gasteiger partial charge in [-0.3, -0.25) is 9.69 Å². The van der Waals surface area contributed by atoms with Crippen LogP contribution in [0.15, 0.2) is 48.5 Å². The van der Waals surface area contributed by atoms with E-state index in [1.165, 1.54) is 0 Å². The third-order valence-electron chi connectivity index (χ3n) is 5.42. The molecule has 0 aromatic heterocycles. The molecular weight excluding hydrogens is 390 g/mol. The van der Waals surface area contributed by atoms with Crippen LogP contribution >= 0.6 is 0 Å². The average Bonchev–Trinajstić information content (AvgIpc) is 2.90. The van der Waals surface area contributed by atoms with Gasteiger partial charge in [0.05, 0.1) is 13.7 Å². The van der Waals surface area contributed by atoms with Crippen LogP contribution in [0.5, 0.6) is 11.5 Å². The molecule has 6 heteroatoms. The molecule has 0 saturated heterocycles. The normalized spacial score (nSPS) is 16.9. The number of carbonyl (C=O) groups is 1. The zero-order valence-corrected chi connectivity index (χ0v) is 19.4. The molecule has 1 aliphatic heterocycles. The number of hydrogen-bond donors (Lipinski definition) is 1. The summed E-state index contributed by atoms with van der Waals surface area (Å²) in [6, 6.07) is 15.9. The van der Waals surface area contributed by atoms with Gasteiger partial charge in [0.2, 0.25) is 5.91 Å². The number of nitrogens with zero attached hydrogens (tertiary/aromatic N) is 2. The predicted molar refractivity (Wildman–Crippen MR) is 123 cm³/mol. The summed E-state index contributed by atoms with van der Waals surface area (Å²) in [5.41, 5.74) is 2.08. The Kier molecular flexibility index (Phi) is 7.57. The molecule has 0 saturated carbocycles. The zero-order chi connectivity index (χ0) is 22.4. The van der Waals surface area contributed by atoms with E-state index in [1.54, 1.807) is 7.11 Å². The minimum absolute atomic E-state index is 0.00754. The van der Waals surface area contributed by atoms with Crippen LogP contribution in [-0.2, 0) is 11.3 Å². The second kappa shape index (κ2) is 10.2. The third kappa shape index (κ3) is 6.45. The molecule has 6 nitrogen and oxygen atoms in total. The van der Waals surface area contributed by atoms with Crippen molar-refractivity contribution in [2.24, 2.45) is 5.41 Å². The quantitative estimate of drug-likeness (QED) is 0.703. The fourth-order valence-electron chi connectivity index (χ4n) is 4.20. The number of amides is 1. The van der Waals surface area contributed by atoms with Crippen LogP contribution in [-0.4, -0.2) is 63.1 Å². The van der Waals surface area contributed by atoms with Crippen LogP contribution < -0.4 is 14.8 Å². The molecule has 168 valence electrons. The van der Waals surface area contributed by atoms with Crippen LogP contribution in [0.1, 0.15) is 31.1 Å². The first kappa shape index (κ1) is 23.1. The van der Waals surface area contributed by atoms with Crippen molar-refractivity contribution >= 4 is 5.91 Å². The van der Waals surface area contributed by atoms with Gasteiger partial charge in [-0.2, -0.15) is 0 Å². The Hall–Kier alpha value is -2.57. The second-order valence-electron chi connectivity index (χ2n) is 9.30. The molecule has 2 aromatic rings. The number of benzene rings is 2. The maximum Gasteiger partial charge on any atom is 0.234 e. The Morgan fingerprint density at radius 3 is 2.65 bits per heavy atom. The largest absolute Gasteiger partial charge is 0.496 e. The molecule has 1 N–H and O–H groups in total. The molecule has 31 heavy (non-hydrogen) atoms. The fourth-order valence-corrected chi connectivity index (χ4v) is 4.20. The fraction of sp³-hybridized carbons (Fsp3) is 0.480. The highest BCUT2D eigenvalue weighted by molar-refractivity contribution is 5.78. The molecule has 0 aliphatic carbocycles. The van der Waals surface area contributed by atoms with Crippen molar-refractivity contribution in [2.75, 3.05) is 47.4 Å². The second-order valence-corrected chi connectivity index (χ2v) is 9.30. The van der Waals surface area contributed by atoms with Gasteiger partial charge in [-0.05, 0) is 31.6 Å². The molecule has 0 bridgehead atoms. The first-order valence-electron chi connectivity index (χ1n) is 10.8. The minimum Gasteiger partial charge on any atom is -0.496 e. The first-order valence-corrected chi connectivity index (χ1v) is 10.8. The SMILES string of the molecule is COc1ccccc1C1CN(CC(=O)NCC(C)(C)CN(C)C)Cc2ccccc2O1. The van der Waals surface area contributed by atoms with E-state index in [0.717, 1.165) is 29.2 Å². The van der Waals surface area contributed by atoms with Gasteiger partial charge < -0.3 is 19.7 Å². The summed E-state index contributed by atoms with van der Waals surface area (Å²) in [4.78, 5) is 17.1. The van der Waals surface area contributed by atoms with E-state index >= 15 is 0 Å². The molecule has 0 radical (unpaired) electrons. The number of fused-ring (bicyclic) bond motifs is 1. The van der Waals surface area contributed by atoms with Gasteiger partial charge in [-0.1, -0.05) is 50.2 Å². The number of methoxy groups -OCH3 is 1. The molecule has 0 spiro atoms. The van der Waals surface area contributed by atoms with Gasteiger partial charge in [0.15, 0.2) is 0 Å². The molecule has 3 rings (SSSR count). The molecule has 0 fully saturated rings. The van der Waals surface area contributed by atoms with Gasteiger partial charge >= 0.3 is 0 Å². The summed E-state index contributed by atoms with van der Waals surface area (Å²) in [6.45, 7) is 7.47. The minimum atomic E-state index is -0.224. The molecule has 1 aliphatic rings. The Balaban J connectivity index is 1.74. The topological polar surface area (TPSA) is 54.0 Å². The molecule has 1 unspecified atom stereocenters. The Morgan fingerprint density at radius 1 is 1.19 bits per heavy atom. The lowest BCUT2D eigenvalue weighted by atomic mass is 9.93. The lowest BCUT2D eigenvalue weighted by Gasteiger charge is -2.29. The van der Waals surface area contributed by atoms with Gasteiger partial charge in [-0.25, -0.2) is 0 Å². The average molecular weight is 426 g/mol. The van der Waals surface area contributed by atoms with Gasteiger partial charge in [0.25, 0.3) is 0 Å². The molecule has 1 heterocycles. The Labute approximate surface area is 186 Å². The van der Waals surface area contributed by atoms with Crippen molar-refractivity contribution in [2.45, 2.75) is 26.5 Å². The molecule has 1 amide bonds. The van der Waals surface area contributed by atoms with Gasteiger partial charge in [0, 0.05) is 37.3 Å².